The zero-order chi connectivity index (χ0) is 22.5. The molecule has 0 aliphatic carbocycles. The number of nitrogens with two attached hydrogens (primary N) is 1. The van der Waals surface area contributed by atoms with Crippen molar-refractivity contribution in [2.45, 2.75) is 64.6 Å². The molecule has 166 valence electrons. The topological polar surface area (TPSA) is 110 Å². The maximum atomic E-state index is 12.2. The Morgan fingerprint density at radius 2 is 1.97 bits per heavy atom. The monoisotopic (exact) mass is 433 g/mol. The molecule has 0 atom stereocenters. The molecular formula is C22H35N3O4Si. The summed E-state index contributed by atoms with van der Waals surface area (Å²) in [5, 5.41) is -0.00912. The van der Waals surface area contributed by atoms with E-state index in [1.165, 1.54) is 0 Å². The Labute approximate surface area is 179 Å². The SMILES string of the molecule is COc1cc(OCCCCC(C)(C)[Si](C)(C)O)ccc1Cc1c(C)nc(N)[nH]c1=O. The number of aromatic nitrogens is 2. The smallest absolute Gasteiger partial charge is 0.256 e. The first-order valence-corrected chi connectivity index (χ1v) is 13.3. The molecule has 0 saturated heterocycles. The number of methoxy groups -OCH3 is 1. The predicted molar refractivity (Wildman–Crippen MR) is 123 cm³/mol. The highest BCUT2D eigenvalue weighted by Gasteiger charge is 2.37. The fourth-order valence-electron chi connectivity index (χ4n) is 3.16. The van der Waals surface area contributed by atoms with E-state index in [2.05, 4.69) is 23.8 Å². The van der Waals surface area contributed by atoms with Crippen LogP contribution >= 0.6 is 0 Å². The number of aryl methyl sites for hydroxylation is 1. The number of nitrogen functional groups attached to an aromatic ring is 1. The van der Waals surface area contributed by atoms with Gasteiger partial charge >= 0.3 is 0 Å². The van der Waals surface area contributed by atoms with Crippen molar-refractivity contribution in [1.82, 2.24) is 9.97 Å². The summed E-state index contributed by atoms with van der Waals surface area (Å²) in [5.41, 5.74) is 7.40. The molecule has 1 aromatic heterocycles. The van der Waals surface area contributed by atoms with Crippen molar-refractivity contribution in [2.24, 2.45) is 0 Å². The second kappa shape index (κ2) is 9.66. The highest BCUT2D eigenvalue weighted by Crippen LogP contribution is 2.40. The predicted octanol–water partition coefficient (Wildman–Crippen LogP) is 3.79. The fourth-order valence-corrected chi connectivity index (χ4v) is 3.95. The van der Waals surface area contributed by atoms with Gasteiger partial charge in [-0.1, -0.05) is 19.9 Å². The Morgan fingerprint density at radius 3 is 2.57 bits per heavy atom. The minimum absolute atomic E-state index is 0.00912. The van der Waals surface area contributed by atoms with E-state index in [4.69, 9.17) is 15.2 Å². The molecule has 8 heteroatoms. The summed E-state index contributed by atoms with van der Waals surface area (Å²) in [7, 11) is -0.564. The lowest BCUT2D eigenvalue weighted by Crippen LogP contribution is -2.38. The molecule has 0 radical (unpaired) electrons. The largest absolute Gasteiger partial charge is 0.496 e. The maximum Gasteiger partial charge on any atom is 0.256 e. The van der Waals surface area contributed by atoms with Crippen LogP contribution < -0.4 is 20.8 Å². The van der Waals surface area contributed by atoms with E-state index < -0.39 is 8.32 Å². The summed E-state index contributed by atoms with van der Waals surface area (Å²) in [5.74, 6) is 1.51. The van der Waals surface area contributed by atoms with Gasteiger partial charge in [-0.2, -0.15) is 0 Å². The van der Waals surface area contributed by atoms with Crippen molar-refractivity contribution in [1.29, 1.82) is 0 Å². The van der Waals surface area contributed by atoms with Crippen LogP contribution in [0.4, 0.5) is 5.95 Å². The fraction of sp³-hybridized carbons (Fsp3) is 0.545. The third-order valence-electron chi connectivity index (χ3n) is 5.99. The lowest BCUT2D eigenvalue weighted by Gasteiger charge is -2.35. The lowest BCUT2D eigenvalue weighted by molar-refractivity contribution is 0.297. The Balaban J connectivity index is 1.97. The molecule has 1 heterocycles. The van der Waals surface area contributed by atoms with Crippen LogP contribution in [0.3, 0.4) is 0 Å². The highest BCUT2D eigenvalue weighted by molar-refractivity contribution is 6.72. The number of unbranched alkanes of at least 4 members (excludes halogenated alkanes) is 1. The van der Waals surface area contributed by atoms with Gasteiger partial charge in [0.15, 0.2) is 8.32 Å². The minimum atomic E-state index is -2.16. The molecule has 0 bridgehead atoms. The summed E-state index contributed by atoms with van der Waals surface area (Å²) < 4.78 is 11.4. The van der Waals surface area contributed by atoms with Gasteiger partial charge in [0.2, 0.25) is 5.95 Å². The molecule has 30 heavy (non-hydrogen) atoms. The van der Waals surface area contributed by atoms with E-state index in [-0.39, 0.29) is 16.5 Å². The van der Waals surface area contributed by atoms with E-state index in [0.29, 0.717) is 30.0 Å². The number of anilines is 1. The van der Waals surface area contributed by atoms with Gasteiger partial charge in [0, 0.05) is 18.1 Å². The first kappa shape index (κ1) is 24.0. The lowest BCUT2D eigenvalue weighted by atomic mass is 10.0. The summed E-state index contributed by atoms with van der Waals surface area (Å²) in [6.45, 7) is 10.7. The van der Waals surface area contributed by atoms with Crippen molar-refractivity contribution >= 4 is 14.3 Å². The molecule has 0 unspecified atom stereocenters. The first-order valence-electron chi connectivity index (χ1n) is 10.3. The Kier molecular flexibility index (Phi) is 7.71. The normalized spacial score (nSPS) is 12.1. The second-order valence-electron chi connectivity index (χ2n) is 8.91. The van der Waals surface area contributed by atoms with Crippen molar-refractivity contribution in [2.75, 3.05) is 19.5 Å². The van der Waals surface area contributed by atoms with Gasteiger partial charge in [-0.05, 0) is 55.9 Å². The first-order chi connectivity index (χ1) is 13.9. The van der Waals surface area contributed by atoms with Crippen LogP contribution in [0.5, 0.6) is 11.5 Å². The number of hydrogen-bond acceptors (Lipinski definition) is 6. The molecule has 0 amide bonds. The van der Waals surface area contributed by atoms with Crippen LogP contribution in [0.25, 0.3) is 0 Å². The molecule has 0 spiro atoms. The molecule has 1 aromatic carbocycles. The average molecular weight is 434 g/mol. The molecule has 2 aromatic rings. The molecule has 0 aliphatic heterocycles. The third-order valence-corrected chi connectivity index (χ3v) is 9.55. The number of nitrogens with zero attached hydrogens (tertiary/aromatic N) is 1. The van der Waals surface area contributed by atoms with Crippen molar-refractivity contribution in [3.63, 3.8) is 0 Å². The van der Waals surface area contributed by atoms with E-state index in [0.717, 1.165) is 30.6 Å². The van der Waals surface area contributed by atoms with Gasteiger partial charge in [-0.3, -0.25) is 9.78 Å². The van der Waals surface area contributed by atoms with Gasteiger partial charge < -0.3 is 20.0 Å². The number of benzene rings is 1. The Morgan fingerprint density at radius 1 is 1.27 bits per heavy atom. The van der Waals surface area contributed by atoms with Crippen LogP contribution in [0.2, 0.25) is 18.1 Å². The Hall–Kier alpha value is -2.32. The molecule has 0 fully saturated rings. The number of aromatic amines is 1. The Bertz CT molecular complexity index is 920. The molecule has 2 rings (SSSR count). The number of hydrogen-bond donors (Lipinski definition) is 3. The molecule has 4 N–H and O–H groups in total. The highest BCUT2D eigenvalue weighted by atomic mass is 28.4. The van der Waals surface area contributed by atoms with E-state index in [1.807, 2.05) is 31.3 Å². The van der Waals surface area contributed by atoms with Crippen molar-refractivity contribution < 1.29 is 14.3 Å². The second-order valence-corrected chi connectivity index (χ2v) is 13.4. The quantitative estimate of drug-likeness (QED) is 0.388. The maximum absolute atomic E-state index is 12.2. The number of nitrogens with one attached hydrogen (secondary N) is 1. The standard InChI is InChI=1S/C22H35N3O4Si/c1-15-18(20(26)25-21(23)24-15)13-16-9-10-17(14-19(16)28-4)29-12-8-7-11-22(2,3)30(5,6)27/h9-10,14,27H,7-8,11-13H2,1-6H3,(H3,23,24,25,26). The molecule has 0 aliphatic rings. The summed E-state index contributed by atoms with van der Waals surface area (Å²) in [4.78, 5) is 29.3. The minimum Gasteiger partial charge on any atom is -0.496 e. The van der Waals surface area contributed by atoms with E-state index in [1.54, 1.807) is 14.0 Å². The van der Waals surface area contributed by atoms with Crippen molar-refractivity contribution in [3.8, 4) is 11.5 Å². The summed E-state index contributed by atoms with van der Waals surface area (Å²) in [6.07, 6.45) is 3.31. The van der Waals surface area contributed by atoms with Gasteiger partial charge in [0.25, 0.3) is 5.56 Å². The van der Waals surface area contributed by atoms with Crippen LogP contribution in [-0.4, -0.2) is 36.8 Å². The third kappa shape index (κ3) is 6.09. The van der Waals surface area contributed by atoms with Gasteiger partial charge in [0.1, 0.15) is 11.5 Å². The zero-order valence-electron chi connectivity index (χ0n) is 19.0. The average Bonchev–Trinajstić information content (AvgIpc) is 2.63. The van der Waals surface area contributed by atoms with Crippen LogP contribution in [0.15, 0.2) is 23.0 Å². The van der Waals surface area contributed by atoms with Crippen LogP contribution in [-0.2, 0) is 6.42 Å². The molecule has 7 nitrogen and oxygen atoms in total. The summed E-state index contributed by atoms with van der Waals surface area (Å²) >= 11 is 0. The van der Waals surface area contributed by atoms with E-state index in [9.17, 15) is 9.59 Å². The van der Waals surface area contributed by atoms with Gasteiger partial charge in [-0.25, -0.2) is 4.98 Å². The zero-order valence-corrected chi connectivity index (χ0v) is 20.0. The van der Waals surface area contributed by atoms with Gasteiger partial charge in [-0.15, -0.1) is 0 Å². The number of H-pyrrole nitrogens is 1. The van der Waals surface area contributed by atoms with Gasteiger partial charge in [0.05, 0.1) is 19.4 Å². The van der Waals surface area contributed by atoms with Crippen LogP contribution in [0.1, 0.15) is 49.9 Å². The molecule has 0 saturated carbocycles. The molecular weight excluding hydrogens is 398 g/mol. The van der Waals surface area contributed by atoms with Crippen molar-refractivity contribution in [3.05, 3.63) is 45.4 Å². The van der Waals surface area contributed by atoms with E-state index >= 15 is 0 Å². The number of ether oxygens (including phenoxy) is 2. The van der Waals surface area contributed by atoms with Crippen LogP contribution in [0, 0.1) is 6.92 Å². The summed E-state index contributed by atoms with van der Waals surface area (Å²) in [6, 6.07) is 5.64. The number of rotatable bonds is 10.